The van der Waals surface area contributed by atoms with Crippen LogP contribution in [0.5, 0.6) is 5.75 Å². The van der Waals surface area contributed by atoms with Gasteiger partial charge in [0.1, 0.15) is 5.75 Å². The molecule has 8 heteroatoms. The number of rotatable bonds is 8. The fourth-order valence-corrected chi connectivity index (χ4v) is 3.86. The molecule has 1 aromatic rings. The lowest BCUT2D eigenvalue weighted by Gasteiger charge is -2.28. The number of ether oxygens (including phenoxy) is 1. The number of amides is 1. The molecule has 0 spiro atoms. The van der Waals surface area contributed by atoms with Crippen LogP contribution in [0, 0.1) is 0 Å². The molecule has 1 amide bonds. The first kappa shape index (κ1) is 19.7. The van der Waals surface area contributed by atoms with Gasteiger partial charge in [0.15, 0.2) is 0 Å². The Balaban J connectivity index is 1.78. The van der Waals surface area contributed by atoms with Crippen LogP contribution in [-0.4, -0.2) is 46.1 Å². The van der Waals surface area contributed by atoms with Crippen LogP contribution >= 0.6 is 0 Å². The zero-order valence-corrected chi connectivity index (χ0v) is 15.6. The third-order valence-corrected chi connectivity index (χ3v) is 5.55. The molecule has 0 aliphatic carbocycles. The highest BCUT2D eigenvalue weighted by Crippen LogP contribution is 2.15. The summed E-state index contributed by atoms with van der Waals surface area (Å²) in [7, 11) is -3.63. The summed E-state index contributed by atoms with van der Waals surface area (Å²) in [6.45, 7) is 5.43. The molecule has 1 aliphatic heterocycles. The van der Waals surface area contributed by atoms with E-state index in [0.717, 1.165) is 19.4 Å². The van der Waals surface area contributed by atoms with Crippen molar-refractivity contribution in [1.29, 1.82) is 0 Å². The van der Waals surface area contributed by atoms with Gasteiger partial charge < -0.3 is 15.4 Å². The van der Waals surface area contributed by atoms with E-state index in [9.17, 15) is 13.2 Å². The topological polar surface area (TPSA) is 96.5 Å². The Morgan fingerprint density at radius 1 is 1.32 bits per heavy atom. The van der Waals surface area contributed by atoms with Gasteiger partial charge in [-0.15, -0.1) is 0 Å². The van der Waals surface area contributed by atoms with Gasteiger partial charge in [-0.3, -0.25) is 4.79 Å². The maximum absolute atomic E-state index is 12.2. The van der Waals surface area contributed by atoms with Crippen LogP contribution in [0.25, 0.3) is 0 Å². The molecule has 1 saturated heterocycles. The standard InChI is InChI=1S/C17H27N3O4S/c1-3-24-15-4-6-16(7-5-15)25(22,23)19-11-9-17(21)20-14-8-10-18-13(2)12-14/h4-7,13-14,18-19H,3,8-12H2,1-2H3,(H,20,21). The highest BCUT2D eigenvalue weighted by molar-refractivity contribution is 7.89. The van der Waals surface area contributed by atoms with Crippen LogP contribution in [0.1, 0.15) is 33.1 Å². The highest BCUT2D eigenvalue weighted by Gasteiger charge is 2.20. The summed E-state index contributed by atoms with van der Waals surface area (Å²) in [6.07, 6.45) is 1.91. The maximum atomic E-state index is 12.2. The van der Waals surface area contributed by atoms with E-state index < -0.39 is 10.0 Å². The average Bonchev–Trinajstić information content (AvgIpc) is 2.55. The van der Waals surface area contributed by atoms with E-state index in [1.54, 1.807) is 12.1 Å². The van der Waals surface area contributed by atoms with Gasteiger partial charge in [0.05, 0.1) is 11.5 Å². The van der Waals surface area contributed by atoms with Gasteiger partial charge in [-0.2, -0.15) is 0 Å². The fourth-order valence-electron chi connectivity index (χ4n) is 2.83. The predicted molar refractivity (Wildman–Crippen MR) is 96.0 cm³/mol. The van der Waals surface area contributed by atoms with Crippen molar-refractivity contribution in [3.8, 4) is 5.75 Å². The molecule has 2 atom stereocenters. The molecular formula is C17H27N3O4S. The molecule has 1 heterocycles. The Labute approximate surface area is 149 Å². The van der Waals surface area contributed by atoms with E-state index in [1.165, 1.54) is 12.1 Å². The van der Waals surface area contributed by atoms with E-state index in [2.05, 4.69) is 22.3 Å². The molecule has 7 nitrogen and oxygen atoms in total. The molecule has 0 radical (unpaired) electrons. The van der Waals surface area contributed by atoms with Crippen molar-refractivity contribution >= 4 is 15.9 Å². The molecule has 1 fully saturated rings. The van der Waals surface area contributed by atoms with Crippen LogP contribution in [0.4, 0.5) is 0 Å². The SMILES string of the molecule is CCOc1ccc(S(=O)(=O)NCCC(=O)NC2CCNC(C)C2)cc1. The summed E-state index contributed by atoms with van der Waals surface area (Å²) >= 11 is 0. The third-order valence-electron chi connectivity index (χ3n) is 4.08. The predicted octanol–water partition coefficient (Wildman–Crippen LogP) is 1.01. The number of sulfonamides is 1. The van der Waals surface area contributed by atoms with Crippen molar-refractivity contribution in [2.45, 2.75) is 50.1 Å². The molecule has 1 aromatic carbocycles. The number of benzene rings is 1. The number of nitrogens with one attached hydrogen (secondary N) is 3. The fraction of sp³-hybridized carbons (Fsp3) is 0.588. The van der Waals surface area contributed by atoms with Crippen LogP contribution in [-0.2, 0) is 14.8 Å². The van der Waals surface area contributed by atoms with Gasteiger partial charge in [0.25, 0.3) is 0 Å². The van der Waals surface area contributed by atoms with Gasteiger partial charge in [0.2, 0.25) is 15.9 Å². The second-order valence-electron chi connectivity index (χ2n) is 6.20. The molecule has 2 unspecified atom stereocenters. The molecule has 0 bridgehead atoms. The lowest BCUT2D eigenvalue weighted by Crippen LogP contribution is -2.47. The quantitative estimate of drug-likeness (QED) is 0.635. The number of piperidine rings is 1. The second-order valence-corrected chi connectivity index (χ2v) is 7.96. The van der Waals surface area contributed by atoms with Crippen molar-refractivity contribution < 1.29 is 17.9 Å². The van der Waals surface area contributed by atoms with Crippen molar-refractivity contribution in [2.24, 2.45) is 0 Å². The first-order chi connectivity index (χ1) is 11.9. The van der Waals surface area contributed by atoms with Crippen molar-refractivity contribution in [1.82, 2.24) is 15.4 Å². The number of carbonyl (C=O) groups excluding carboxylic acids is 1. The van der Waals surface area contributed by atoms with E-state index in [4.69, 9.17) is 4.74 Å². The lowest BCUT2D eigenvalue weighted by molar-refractivity contribution is -0.121. The van der Waals surface area contributed by atoms with Crippen LogP contribution in [0.2, 0.25) is 0 Å². The summed E-state index contributed by atoms with van der Waals surface area (Å²) in [5.41, 5.74) is 0. The Hall–Kier alpha value is -1.64. The Morgan fingerprint density at radius 3 is 2.68 bits per heavy atom. The Kier molecular flexibility index (Phi) is 7.22. The first-order valence-electron chi connectivity index (χ1n) is 8.66. The molecule has 25 heavy (non-hydrogen) atoms. The van der Waals surface area contributed by atoms with E-state index in [-0.39, 0.29) is 29.8 Å². The minimum atomic E-state index is -3.63. The van der Waals surface area contributed by atoms with Gasteiger partial charge >= 0.3 is 0 Å². The van der Waals surface area contributed by atoms with Crippen LogP contribution in [0.15, 0.2) is 29.2 Å². The van der Waals surface area contributed by atoms with Crippen molar-refractivity contribution in [3.63, 3.8) is 0 Å². The normalized spacial score (nSPS) is 20.9. The van der Waals surface area contributed by atoms with E-state index >= 15 is 0 Å². The smallest absolute Gasteiger partial charge is 0.240 e. The summed E-state index contributed by atoms with van der Waals surface area (Å²) in [4.78, 5) is 12.1. The molecule has 3 N–H and O–H groups in total. The zero-order valence-electron chi connectivity index (χ0n) is 14.7. The Bertz CT molecular complexity index is 661. The minimum absolute atomic E-state index is 0.0713. The summed E-state index contributed by atoms with van der Waals surface area (Å²) < 4.78 is 32.2. The molecule has 140 valence electrons. The molecular weight excluding hydrogens is 342 g/mol. The molecule has 1 aliphatic rings. The van der Waals surface area contributed by atoms with E-state index in [0.29, 0.717) is 18.4 Å². The van der Waals surface area contributed by atoms with Gasteiger partial charge in [-0.25, -0.2) is 13.1 Å². The number of carbonyl (C=O) groups is 1. The summed E-state index contributed by atoms with van der Waals surface area (Å²) in [6, 6.07) is 6.75. The summed E-state index contributed by atoms with van der Waals surface area (Å²) in [5, 5.41) is 6.29. The number of hydrogen-bond donors (Lipinski definition) is 3. The van der Waals surface area contributed by atoms with E-state index in [1.807, 2.05) is 6.92 Å². The van der Waals surface area contributed by atoms with Gasteiger partial charge in [-0.1, -0.05) is 0 Å². The van der Waals surface area contributed by atoms with Crippen LogP contribution in [0.3, 0.4) is 0 Å². The van der Waals surface area contributed by atoms with Crippen molar-refractivity contribution in [3.05, 3.63) is 24.3 Å². The summed E-state index contributed by atoms with van der Waals surface area (Å²) in [5.74, 6) is 0.491. The molecule has 0 aromatic heterocycles. The average molecular weight is 369 g/mol. The maximum Gasteiger partial charge on any atom is 0.240 e. The lowest BCUT2D eigenvalue weighted by atomic mass is 10.0. The van der Waals surface area contributed by atoms with Gasteiger partial charge in [0, 0.05) is 25.0 Å². The van der Waals surface area contributed by atoms with Gasteiger partial charge in [-0.05, 0) is 57.5 Å². The molecule has 2 rings (SSSR count). The Morgan fingerprint density at radius 2 is 2.04 bits per heavy atom. The first-order valence-corrected chi connectivity index (χ1v) is 10.1. The largest absolute Gasteiger partial charge is 0.494 e. The van der Waals surface area contributed by atoms with Crippen LogP contribution < -0.4 is 20.1 Å². The third kappa shape index (κ3) is 6.30. The highest BCUT2D eigenvalue weighted by atomic mass is 32.2. The molecule has 0 saturated carbocycles. The number of hydrogen-bond acceptors (Lipinski definition) is 5. The monoisotopic (exact) mass is 369 g/mol. The zero-order chi connectivity index (χ0) is 18.3. The second kappa shape index (κ2) is 9.17. The minimum Gasteiger partial charge on any atom is -0.494 e. The van der Waals surface area contributed by atoms with Crippen molar-refractivity contribution in [2.75, 3.05) is 19.7 Å².